The van der Waals surface area contributed by atoms with E-state index in [1.54, 1.807) is 11.1 Å². The number of rotatable bonds is 4. The summed E-state index contributed by atoms with van der Waals surface area (Å²) in [4.78, 5) is 4.54. The topological polar surface area (TPSA) is 6.48 Å². The molecule has 2 nitrogen and oxygen atoms in total. The van der Waals surface area contributed by atoms with Gasteiger partial charge in [-0.05, 0) is 97.3 Å². The number of allylic oxidation sites excluding steroid dienone is 2. The Morgan fingerprint density at radius 3 is 1.50 bits per heavy atom. The van der Waals surface area contributed by atoms with Gasteiger partial charge in [-0.1, -0.05) is 24.3 Å². The van der Waals surface area contributed by atoms with Crippen molar-refractivity contribution in [2.75, 3.05) is 28.2 Å². The van der Waals surface area contributed by atoms with Crippen LogP contribution in [0.5, 0.6) is 0 Å². The zero-order chi connectivity index (χ0) is 16.8. The second-order valence-corrected chi connectivity index (χ2v) is 7.64. The summed E-state index contributed by atoms with van der Waals surface area (Å²) in [6, 6.07) is 4.91. The first-order chi connectivity index (χ1) is 11.5. The molecule has 0 radical (unpaired) electrons. The lowest BCUT2D eigenvalue weighted by molar-refractivity contribution is 0.381. The predicted octanol–water partition coefficient (Wildman–Crippen LogP) is 4.10. The lowest BCUT2D eigenvalue weighted by Gasteiger charge is -2.21. The lowest BCUT2D eigenvalue weighted by atomic mass is 9.88. The van der Waals surface area contributed by atoms with Gasteiger partial charge in [0.1, 0.15) is 0 Å². The van der Waals surface area contributed by atoms with Crippen molar-refractivity contribution in [1.29, 1.82) is 0 Å². The Hall–Kier alpha value is -1.90. The van der Waals surface area contributed by atoms with Crippen LogP contribution in [0.1, 0.15) is 33.4 Å². The fourth-order valence-electron chi connectivity index (χ4n) is 4.20. The van der Waals surface area contributed by atoms with E-state index in [1.807, 2.05) is 0 Å². The van der Waals surface area contributed by atoms with Crippen molar-refractivity contribution in [2.45, 2.75) is 25.9 Å². The van der Waals surface area contributed by atoms with E-state index < -0.39 is 0 Å². The molecule has 0 aromatic heterocycles. The summed E-state index contributed by atoms with van der Waals surface area (Å²) in [5.74, 6) is 0. The zero-order valence-corrected chi connectivity index (χ0v) is 15.2. The van der Waals surface area contributed by atoms with Crippen LogP contribution >= 0.6 is 0 Å². The standard InChI is InChI=1S/C22H26N2/c1-23(2)13-15-11-21-19-9-5-7-17(19)18-8-6-10-20(18)22(21)12-16(15)14-24(3)4/h5-6,9-12H,7-8,13-14H2,1-4H3. The molecule has 0 unspecified atom stereocenters. The Labute approximate surface area is 145 Å². The van der Waals surface area contributed by atoms with Crippen LogP contribution in [0.2, 0.25) is 0 Å². The van der Waals surface area contributed by atoms with Gasteiger partial charge < -0.3 is 9.80 Å². The first-order valence-corrected chi connectivity index (χ1v) is 8.80. The molecule has 0 N–H and O–H groups in total. The largest absolute Gasteiger partial charge is 0.305 e. The summed E-state index contributed by atoms with van der Waals surface area (Å²) in [5.41, 5.74) is 8.93. The van der Waals surface area contributed by atoms with Gasteiger partial charge in [-0.15, -0.1) is 0 Å². The molecule has 0 heterocycles. The number of fused-ring (bicyclic) bond motifs is 6. The summed E-state index contributed by atoms with van der Waals surface area (Å²) in [6.07, 6.45) is 11.5. The first-order valence-electron chi connectivity index (χ1n) is 8.80. The molecule has 0 aliphatic heterocycles. The molecule has 24 heavy (non-hydrogen) atoms. The minimum absolute atomic E-state index is 0.991. The minimum atomic E-state index is 0.991. The smallest absolute Gasteiger partial charge is 0.0231 e. The molecule has 0 saturated heterocycles. The van der Waals surface area contributed by atoms with E-state index in [0.29, 0.717) is 0 Å². The van der Waals surface area contributed by atoms with Crippen molar-refractivity contribution in [3.05, 3.63) is 57.7 Å². The summed E-state index contributed by atoms with van der Waals surface area (Å²) >= 11 is 0. The Morgan fingerprint density at radius 2 is 1.12 bits per heavy atom. The summed E-state index contributed by atoms with van der Waals surface area (Å²) in [6.45, 7) is 1.98. The number of benzene rings is 2. The van der Waals surface area contributed by atoms with Gasteiger partial charge in [0.05, 0.1) is 0 Å². The van der Waals surface area contributed by atoms with E-state index in [-0.39, 0.29) is 0 Å². The molecule has 2 heteroatoms. The van der Waals surface area contributed by atoms with Crippen LogP contribution in [0.15, 0.2) is 24.3 Å². The highest BCUT2D eigenvalue weighted by Gasteiger charge is 2.22. The van der Waals surface area contributed by atoms with Crippen molar-refractivity contribution < 1.29 is 0 Å². The highest BCUT2D eigenvalue weighted by molar-refractivity contribution is 6.01. The van der Waals surface area contributed by atoms with Crippen molar-refractivity contribution in [2.24, 2.45) is 0 Å². The third kappa shape index (κ3) is 2.51. The number of nitrogens with zero attached hydrogens (tertiary/aromatic N) is 2. The highest BCUT2D eigenvalue weighted by atomic mass is 15.1. The number of hydrogen-bond acceptors (Lipinski definition) is 2. The van der Waals surface area contributed by atoms with Gasteiger partial charge >= 0.3 is 0 Å². The van der Waals surface area contributed by atoms with E-state index >= 15 is 0 Å². The molecule has 2 aromatic rings. The Kier molecular flexibility index (Phi) is 3.82. The molecular weight excluding hydrogens is 292 g/mol. The molecule has 4 rings (SSSR count). The average molecular weight is 318 g/mol. The second kappa shape index (κ2) is 5.87. The van der Waals surface area contributed by atoms with Crippen LogP contribution in [0.3, 0.4) is 0 Å². The maximum Gasteiger partial charge on any atom is 0.0231 e. The quantitative estimate of drug-likeness (QED) is 0.837. The van der Waals surface area contributed by atoms with E-state index in [1.165, 1.54) is 33.0 Å². The first kappa shape index (κ1) is 15.6. The SMILES string of the molecule is CN(C)Cc1cc2c3c(c4c(c2cc1CN(C)C)C=CC4)CC=C3. The number of hydrogen-bond donors (Lipinski definition) is 0. The van der Waals surface area contributed by atoms with Gasteiger partial charge in [-0.3, -0.25) is 0 Å². The fraction of sp³-hybridized carbons (Fsp3) is 0.364. The summed E-state index contributed by atoms with van der Waals surface area (Å²) in [5, 5.41) is 2.87. The third-order valence-electron chi connectivity index (χ3n) is 5.12. The van der Waals surface area contributed by atoms with Crippen LogP contribution in [-0.2, 0) is 25.9 Å². The Bertz CT molecular complexity index is 797. The van der Waals surface area contributed by atoms with Crippen molar-refractivity contribution in [1.82, 2.24) is 9.80 Å². The van der Waals surface area contributed by atoms with E-state index in [9.17, 15) is 0 Å². The Balaban J connectivity index is 2.00. The molecule has 0 saturated carbocycles. The minimum Gasteiger partial charge on any atom is -0.305 e. The normalized spacial score (nSPS) is 15.1. The lowest BCUT2D eigenvalue weighted by Crippen LogP contribution is -2.17. The highest BCUT2D eigenvalue weighted by Crippen LogP contribution is 2.40. The third-order valence-corrected chi connectivity index (χ3v) is 5.12. The van der Waals surface area contributed by atoms with E-state index in [2.05, 4.69) is 74.4 Å². The van der Waals surface area contributed by atoms with Crippen LogP contribution in [0, 0.1) is 0 Å². The van der Waals surface area contributed by atoms with Crippen molar-refractivity contribution in [3.8, 4) is 0 Å². The molecule has 0 atom stereocenters. The van der Waals surface area contributed by atoms with Gasteiger partial charge in [-0.2, -0.15) is 0 Å². The second-order valence-electron chi connectivity index (χ2n) is 7.64. The molecule has 2 aromatic carbocycles. The molecule has 124 valence electrons. The summed E-state index contributed by atoms with van der Waals surface area (Å²) in [7, 11) is 8.61. The van der Waals surface area contributed by atoms with Crippen molar-refractivity contribution in [3.63, 3.8) is 0 Å². The maximum absolute atomic E-state index is 2.45. The molecule has 2 aliphatic rings. The fourth-order valence-corrected chi connectivity index (χ4v) is 4.20. The average Bonchev–Trinajstić information content (AvgIpc) is 3.15. The molecule has 0 bridgehead atoms. The molecule has 0 spiro atoms. The van der Waals surface area contributed by atoms with Gasteiger partial charge in [0.25, 0.3) is 0 Å². The van der Waals surface area contributed by atoms with Crippen LogP contribution in [0.4, 0.5) is 0 Å². The van der Waals surface area contributed by atoms with Crippen LogP contribution in [0.25, 0.3) is 22.9 Å². The zero-order valence-electron chi connectivity index (χ0n) is 15.2. The molecule has 0 amide bonds. The van der Waals surface area contributed by atoms with E-state index in [4.69, 9.17) is 0 Å². The van der Waals surface area contributed by atoms with Crippen LogP contribution in [-0.4, -0.2) is 38.0 Å². The van der Waals surface area contributed by atoms with Gasteiger partial charge in [-0.25, -0.2) is 0 Å². The maximum atomic E-state index is 2.45. The van der Waals surface area contributed by atoms with Crippen molar-refractivity contribution >= 4 is 22.9 Å². The van der Waals surface area contributed by atoms with Gasteiger partial charge in [0, 0.05) is 13.1 Å². The van der Waals surface area contributed by atoms with Crippen LogP contribution < -0.4 is 0 Å². The van der Waals surface area contributed by atoms with E-state index in [0.717, 1.165) is 25.9 Å². The molecule has 2 aliphatic carbocycles. The molecular formula is C22H26N2. The predicted molar refractivity (Wildman–Crippen MR) is 104 cm³/mol. The summed E-state index contributed by atoms with van der Waals surface area (Å²) < 4.78 is 0. The van der Waals surface area contributed by atoms with Gasteiger partial charge in [0.15, 0.2) is 0 Å². The molecule has 0 fully saturated rings. The monoisotopic (exact) mass is 318 g/mol. The van der Waals surface area contributed by atoms with Gasteiger partial charge in [0.2, 0.25) is 0 Å². The Morgan fingerprint density at radius 1 is 0.708 bits per heavy atom.